The Morgan fingerprint density at radius 1 is 1.09 bits per heavy atom. The van der Waals surface area contributed by atoms with Crippen LogP contribution in [-0.4, -0.2) is 76.4 Å². The second-order valence-corrected chi connectivity index (χ2v) is 11.8. The van der Waals surface area contributed by atoms with Crippen molar-refractivity contribution in [1.82, 2.24) is 25.2 Å². The maximum absolute atomic E-state index is 16.9. The van der Waals surface area contributed by atoms with E-state index in [1.807, 2.05) is 0 Å². The molecule has 3 atom stereocenters. The van der Waals surface area contributed by atoms with Gasteiger partial charge in [0, 0.05) is 42.2 Å². The molecule has 3 fully saturated rings. The van der Waals surface area contributed by atoms with Gasteiger partial charge in [-0.3, -0.25) is 0 Å². The van der Waals surface area contributed by atoms with Crippen LogP contribution in [0.4, 0.5) is 14.6 Å². The highest BCUT2D eigenvalue weighted by Crippen LogP contribution is 2.40. The van der Waals surface area contributed by atoms with Crippen molar-refractivity contribution < 1.29 is 18.6 Å². The van der Waals surface area contributed by atoms with Crippen molar-refractivity contribution in [2.75, 3.05) is 38.2 Å². The van der Waals surface area contributed by atoms with E-state index in [1.54, 1.807) is 6.92 Å². The molecule has 0 radical (unpaired) electrons. The molecule has 7 rings (SSSR count). The molecule has 44 heavy (non-hydrogen) atoms. The zero-order chi connectivity index (χ0) is 30.5. The molecule has 2 aromatic heterocycles. The summed E-state index contributed by atoms with van der Waals surface area (Å²) in [5.74, 6) is 7.31. The number of hydrogen-bond acceptors (Lipinski definition) is 8. The zero-order valence-electron chi connectivity index (χ0n) is 24.6. The van der Waals surface area contributed by atoms with E-state index >= 15 is 4.39 Å². The summed E-state index contributed by atoms with van der Waals surface area (Å²) in [5.41, 5.74) is 0.211. The molecule has 8 nitrogen and oxygen atoms in total. The number of phenolic OH excluding ortho intramolecular Hbond substituents is 1. The highest BCUT2D eigenvalue weighted by atomic mass is 19.1. The summed E-state index contributed by atoms with van der Waals surface area (Å²) in [4.78, 5) is 18.5. The van der Waals surface area contributed by atoms with Gasteiger partial charge in [-0.25, -0.2) is 13.8 Å². The number of likely N-dealkylation sites (N-methyl/N-ethyl adjacent to an activating group) is 1. The summed E-state index contributed by atoms with van der Waals surface area (Å²) < 4.78 is 38.0. The standard InChI is InChI=1S/C34H32F2N6O2/c1-4-7-27-29-32(30(36)31(38-27)25-15-23(43)14-19-9-12-26(35)24(5-2)28(19)25)39-34(44-18-22-8-6-13-41(22)3)40-33(29)42-16-20-10-11-21(17-42)37-20/h2,9,12,14-15,20-22,37,43H,6,8,10-11,13,16-18H2,1,3H3/t20-,21+,22-/m0/s1. The van der Waals surface area contributed by atoms with Gasteiger partial charge in [0.25, 0.3) is 0 Å². The van der Waals surface area contributed by atoms with Gasteiger partial charge in [0.2, 0.25) is 0 Å². The van der Waals surface area contributed by atoms with E-state index in [-0.39, 0.29) is 51.2 Å². The monoisotopic (exact) mass is 594 g/mol. The van der Waals surface area contributed by atoms with E-state index < -0.39 is 11.6 Å². The Labute approximate surface area is 254 Å². The van der Waals surface area contributed by atoms with Crippen molar-refractivity contribution in [1.29, 1.82) is 0 Å². The number of aromatic nitrogens is 3. The minimum Gasteiger partial charge on any atom is -0.508 e. The second-order valence-electron chi connectivity index (χ2n) is 11.8. The molecule has 0 unspecified atom stereocenters. The molecule has 3 saturated heterocycles. The average Bonchev–Trinajstić information content (AvgIpc) is 3.59. The first-order valence-electron chi connectivity index (χ1n) is 14.9. The Hall–Kier alpha value is -4.51. The number of terminal acetylenes is 1. The summed E-state index contributed by atoms with van der Waals surface area (Å²) in [7, 11) is 2.06. The van der Waals surface area contributed by atoms with E-state index in [4.69, 9.17) is 21.1 Å². The normalized spacial score (nSPS) is 21.4. The maximum Gasteiger partial charge on any atom is 0.319 e. The first kappa shape index (κ1) is 28.3. The second kappa shape index (κ2) is 11.2. The summed E-state index contributed by atoms with van der Waals surface area (Å²) in [6.45, 7) is 4.42. The van der Waals surface area contributed by atoms with Crippen LogP contribution < -0.4 is 15.0 Å². The van der Waals surface area contributed by atoms with Crippen molar-refractivity contribution in [3.63, 3.8) is 0 Å². The van der Waals surface area contributed by atoms with Gasteiger partial charge in [0.1, 0.15) is 40.9 Å². The zero-order valence-corrected chi connectivity index (χ0v) is 24.6. The first-order chi connectivity index (χ1) is 21.3. The molecule has 0 aliphatic carbocycles. The summed E-state index contributed by atoms with van der Waals surface area (Å²) >= 11 is 0. The summed E-state index contributed by atoms with van der Waals surface area (Å²) in [6.07, 6.45) is 9.90. The molecular formula is C34H32F2N6O2. The fourth-order valence-corrected chi connectivity index (χ4v) is 6.90. The Kier molecular flexibility index (Phi) is 7.20. The Bertz CT molecular complexity index is 1900. The van der Waals surface area contributed by atoms with E-state index in [0.29, 0.717) is 48.4 Å². The Morgan fingerprint density at radius 3 is 2.59 bits per heavy atom. The molecule has 0 amide bonds. The fourth-order valence-electron chi connectivity index (χ4n) is 6.90. The van der Waals surface area contributed by atoms with Crippen LogP contribution in [0.25, 0.3) is 32.9 Å². The number of ether oxygens (including phenoxy) is 1. The number of pyridine rings is 1. The lowest BCUT2D eigenvalue weighted by Crippen LogP contribution is -2.51. The third kappa shape index (κ3) is 4.85. The third-order valence-corrected chi connectivity index (χ3v) is 9.03. The van der Waals surface area contributed by atoms with Crippen LogP contribution in [0.3, 0.4) is 0 Å². The smallest absolute Gasteiger partial charge is 0.319 e. The molecule has 0 saturated carbocycles. The lowest BCUT2D eigenvalue weighted by atomic mass is 9.95. The predicted molar refractivity (Wildman–Crippen MR) is 166 cm³/mol. The number of nitrogens with one attached hydrogen (secondary N) is 1. The minimum atomic E-state index is -0.759. The summed E-state index contributed by atoms with van der Waals surface area (Å²) in [5, 5.41) is 15.3. The minimum absolute atomic E-state index is 0.00596. The van der Waals surface area contributed by atoms with E-state index in [1.165, 1.54) is 24.3 Å². The van der Waals surface area contributed by atoms with Gasteiger partial charge >= 0.3 is 6.01 Å². The van der Waals surface area contributed by atoms with Gasteiger partial charge in [-0.1, -0.05) is 17.9 Å². The molecule has 3 aliphatic rings. The Balaban J connectivity index is 1.47. The number of fused-ring (bicyclic) bond motifs is 4. The van der Waals surface area contributed by atoms with Gasteiger partial charge in [-0.05, 0) is 75.7 Å². The average molecular weight is 595 g/mol. The highest BCUT2D eigenvalue weighted by molar-refractivity contribution is 6.04. The molecular weight excluding hydrogens is 562 g/mol. The van der Waals surface area contributed by atoms with Crippen molar-refractivity contribution in [2.45, 2.75) is 50.7 Å². The molecule has 3 aliphatic heterocycles. The molecule has 2 bridgehead atoms. The molecule has 2 N–H and O–H groups in total. The highest BCUT2D eigenvalue weighted by Gasteiger charge is 2.35. The van der Waals surface area contributed by atoms with Crippen molar-refractivity contribution in [2.24, 2.45) is 0 Å². The van der Waals surface area contributed by atoms with Gasteiger partial charge in [0.05, 0.1) is 10.9 Å². The SMILES string of the molecule is C#Cc1c(F)ccc2cc(O)cc(-c3nc(C#CC)c4c(N5C[C@H]6CC[C@@H](C5)N6)nc(OC[C@@H]5CCCN5C)nc4c3F)c12. The van der Waals surface area contributed by atoms with Crippen LogP contribution in [0.2, 0.25) is 0 Å². The number of piperazine rings is 1. The number of halogens is 2. The molecule has 10 heteroatoms. The van der Waals surface area contributed by atoms with Crippen LogP contribution >= 0.6 is 0 Å². The van der Waals surface area contributed by atoms with E-state index in [2.05, 4.69) is 44.9 Å². The van der Waals surface area contributed by atoms with E-state index in [9.17, 15) is 9.50 Å². The lowest BCUT2D eigenvalue weighted by Gasteiger charge is -2.34. The number of rotatable bonds is 5. The number of benzene rings is 2. The largest absolute Gasteiger partial charge is 0.508 e. The quantitative estimate of drug-likeness (QED) is 0.325. The van der Waals surface area contributed by atoms with Crippen LogP contribution in [0, 0.1) is 35.8 Å². The Morgan fingerprint density at radius 2 is 1.89 bits per heavy atom. The number of nitrogens with zero attached hydrogens (tertiary/aromatic N) is 5. The van der Waals surface area contributed by atoms with Crippen LogP contribution in [0.5, 0.6) is 11.8 Å². The van der Waals surface area contributed by atoms with Crippen LogP contribution in [0.15, 0.2) is 24.3 Å². The van der Waals surface area contributed by atoms with Gasteiger partial charge in [0.15, 0.2) is 5.82 Å². The molecule has 224 valence electrons. The van der Waals surface area contributed by atoms with Crippen molar-refractivity contribution >= 4 is 27.5 Å². The van der Waals surface area contributed by atoms with Gasteiger partial charge in [-0.2, -0.15) is 9.97 Å². The maximum atomic E-state index is 16.9. The van der Waals surface area contributed by atoms with Gasteiger partial charge in [-0.15, -0.1) is 6.42 Å². The fraction of sp³-hybridized carbons (Fsp3) is 0.382. The van der Waals surface area contributed by atoms with Crippen molar-refractivity contribution in [3.8, 4) is 47.2 Å². The third-order valence-electron chi connectivity index (χ3n) is 9.03. The number of hydrogen-bond donors (Lipinski definition) is 2. The predicted octanol–water partition coefficient (Wildman–Crippen LogP) is 4.60. The lowest BCUT2D eigenvalue weighted by molar-refractivity contribution is 0.188. The van der Waals surface area contributed by atoms with E-state index in [0.717, 1.165) is 32.2 Å². The van der Waals surface area contributed by atoms with Crippen LogP contribution in [-0.2, 0) is 0 Å². The molecule has 5 heterocycles. The first-order valence-corrected chi connectivity index (χ1v) is 14.9. The number of likely N-dealkylation sites (tertiary alicyclic amines) is 1. The number of phenols is 1. The number of aromatic hydroxyl groups is 1. The van der Waals surface area contributed by atoms with Gasteiger partial charge < -0.3 is 25.0 Å². The molecule has 4 aromatic rings. The molecule has 2 aromatic carbocycles. The number of anilines is 1. The summed E-state index contributed by atoms with van der Waals surface area (Å²) in [6, 6.07) is 6.38. The topological polar surface area (TPSA) is 86.6 Å². The van der Waals surface area contributed by atoms with Crippen molar-refractivity contribution in [3.05, 3.63) is 47.2 Å². The van der Waals surface area contributed by atoms with Crippen LogP contribution in [0.1, 0.15) is 43.9 Å². The molecule has 0 spiro atoms.